The molecule has 2 aromatic carbocycles. The summed E-state index contributed by atoms with van der Waals surface area (Å²) in [5.41, 5.74) is 4.65. The first kappa shape index (κ1) is 22.0. The maximum Gasteiger partial charge on any atom is 0.394 e. The molecule has 0 unspecified atom stereocenters. The smallest absolute Gasteiger partial charge is 0.308 e. The number of para-hydroxylation sites is 2. The lowest BCUT2D eigenvalue weighted by Crippen LogP contribution is -2.27. The van der Waals surface area contributed by atoms with Crippen molar-refractivity contribution in [1.82, 2.24) is 18.9 Å². The lowest BCUT2D eigenvalue weighted by molar-refractivity contribution is 0.293. The summed E-state index contributed by atoms with van der Waals surface area (Å²) in [6.07, 6.45) is 2.15. The predicted molar refractivity (Wildman–Crippen MR) is 118 cm³/mol. The van der Waals surface area contributed by atoms with Gasteiger partial charge in [0.2, 0.25) is 5.78 Å². The molecule has 0 fully saturated rings. The van der Waals surface area contributed by atoms with Crippen molar-refractivity contribution in [3.05, 3.63) is 60.8 Å². The van der Waals surface area contributed by atoms with E-state index >= 15 is 0 Å². The van der Waals surface area contributed by atoms with Crippen molar-refractivity contribution in [3.63, 3.8) is 0 Å². The number of hydrogen-bond acceptors (Lipinski definition) is 4. The molecule has 8 nitrogen and oxygen atoms in total. The molecule has 0 aliphatic rings. The van der Waals surface area contributed by atoms with Gasteiger partial charge in [-0.25, -0.2) is 4.98 Å². The highest BCUT2D eigenvalue weighted by atomic mass is 32.3. The highest BCUT2D eigenvalue weighted by Gasteiger charge is 2.14. The number of rotatable bonds is 6. The molecule has 4 aromatic rings. The molecular weight excluding hydrogens is 404 g/mol. The van der Waals surface area contributed by atoms with E-state index in [9.17, 15) is 0 Å². The topological polar surface area (TPSA) is 100 Å². The van der Waals surface area contributed by atoms with Crippen LogP contribution in [-0.2, 0) is 16.9 Å². The number of nitrogens with zero attached hydrogens (tertiary/aromatic N) is 4. The van der Waals surface area contributed by atoms with Crippen molar-refractivity contribution >= 4 is 27.2 Å². The zero-order chi connectivity index (χ0) is 21.7. The zero-order valence-electron chi connectivity index (χ0n) is 17.0. The molecule has 0 radical (unpaired) electrons. The SMILES string of the molecule is CCN(CC)CCn1c2ccccc2n2cc(-c3ccccc3)nc12.O=S(=O)(O)O. The van der Waals surface area contributed by atoms with Gasteiger partial charge in [-0.2, -0.15) is 8.42 Å². The van der Waals surface area contributed by atoms with Crippen LogP contribution in [0, 0.1) is 0 Å². The number of benzene rings is 2. The summed E-state index contributed by atoms with van der Waals surface area (Å²) in [4.78, 5) is 7.41. The number of imidazole rings is 2. The Balaban J connectivity index is 0.000000461. The molecule has 0 saturated carbocycles. The Kier molecular flexibility index (Phi) is 6.88. The third-order valence-corrected chi connectivity index (χ3v) is 4.96. The molecule has 2 N–H and O–H groups in total. The maximum atomic E-state index is 8.74. The third kappa shape index (κ3) is 5.25. The third-order valence-electron chi connectivity index (χ3n) is 4.96. The lowest BCUT2D eigenvalue weighted by atomic mass is 10.2. The van der Waals surface area contributed by atoms with Crippen molar-refractivity contribution < 1.29 is 17.5 Å². The Morgan fingerprint density at radius 1 is 0.933 bits per heavy atom. The molecule has 30 heavy (non-hydrogen) atoms. The molecule has 9 heteroatoms. The lowest BCUT2D eigenvalue weighted by Gasteiger charge is -2.18. The zero-order valence-corrected chi connectivity index (χ0v) is 17.8. The van der Waals surface area contributed by atoms with E-state index in [0.717, 1.165) is 43.2 Å². The predicted octanol–water partition coefficient (Wildman–Crippen LogP) is 3.65. The van der Waals surface area contributed by atoms with E-state index in [1.165, 1.54) is 11.0 Å². The summed E-state index contributed by atoms with van der Waals surface area (Å²) in [6.45, 7) is 8.58. The number of likely N-dealkylation sites (N-methyl/N-ethyl adjacent to an activating group) is 1. The molecule has 0 saturated heterocycles. The molecule has 4 rings (SSSR count). The van der Waals surface area contributed by atoms with Gasteiger partial charge >= 0.3 is 10.4 Å². The molecule has 0 atom stereocenters. The van der Waals surface area contributed by atoms with E-state index < -0.39 is 10.4 Å². The van der Waals surface area contributed by atoms with Crippen LogP contribution in [0.5, 0.6) is 0 Å². The largest absolute Gasteiger partial charge is 0.394 e. The molecular formula is C21H26N4O4S. The summed E-state index contributed by atoms with van der Waals surface area (Å²) < 4.78 is 36.2. The fraction of sp³-hybridized carbons (Fsp3) is 0.286. The van der Waals surface area contributed by atoms with Crippen LogP contribution in [-0.4, -0.2) is 56.0 Å². The highest BCUT2D eigenvalue weighted by Crippen LogP contribution is 2.25. The summed E-state index contributed by atoms with van der Waals surface area (Å²) in [7, 11) is -4.67. The second-order valence-corrected chi connectivity index (χ2v) is 7.67. The number of aromatic nitrogens is 3. The van der Waals surface area contributed by atoms with Crippen molar-refractivity contribution in [3.8, 4) is 11.3 Å². The molecule has 160 valence electrons. The van der Waals surface area contributed by atoms with Crippen LogP contribution in [0.4, 0.5) is 0 Å². The molecule has 0 amide bonds. The van der Waals surface area contributed by atoms with Crippen LogP contribution in [0.2, 0.25) is 0 Å². The average molecular weight is 431 g/mol. The Morgan fingerprint density at radius 2 is 1.50 bits per heavy atom. The van der Waals surface area contributed by atoms with Crippen molar-refractivity contribution in [2.24, 2.45) is 0 Å². The van der Waals surface area contributed by atoms with Gasteiger partial charge in [0, 0.05) is 24.8 Å². The second kappa shape index (κ2) is 9.40. The van der Waals surface area contributed by atoms with E-state index in [4.69, 9.17) is 22.5 Å². The molecule has 0 aliphatic carbocycles. The monoisotopic (exact) mass is 430 g/mol. The Bertz CT molecular complexity index is 1200. The van der Waals surface area contributed by atoms with Crippen molar-refractivity contribution in [2.45, 2.75) is 20.4 Å². The average Bonchev–Trinajstić information content (AvgIpc) is 3.27. The van der Waals surface area contributed by atoms with Gasteiger partial charge in [-0.1, -0.05) is 56.3 Å². The maximum absolute atomic E-state index is 8.74. The highest BCUT2D eigenvalue weighted by molar-refractivity contribution is 7.79. The molecule has 0 aliphatic heterocycles. The molecule has 0 bridgehead atoms. The van der Waals surface area contributed by atoms with Crippen LogP contribution < -0.4 is 0 Å². The second-order valence-electron chi connectivity index (χ2n) is 6.78. The fourth-order valence-corrected chi connectivity index (χ4v) is 3.49. The van der Waals surface area contributed by atoms with Gasteiger partial charge < -0.3 is 9.47 Å². The van der Waals surface area contributed by atoms with E-state index in [-0.39, 0.29) is 0 Å². The summed E-state index contributed by atoms with van der Waals surface area (Å²) in [5, 5.41) is 0. The Hall–Kier alpha value is -2.72. The van der Waals surface area contributed by atoms with Gasteiger partial charge in [0.15, 0.2) is 0 Å². The number of hydrogen-bond donors (Lipinski definition) is 2. The minimum atomic E-state index is -4.67. The van der Waals surface area contributed by atoms with Crippen LogP contribution in [0.1, 0.15) is 13.8 Å². The molecule has 2 heterocycles. The number of fused-ring (bicyclic) bond motifs is 3. The Labute approximate surface area is 176 Å². The van der Waals surface area contributed by atoms with Crippen molar-refractivity contribution in [2.75, 3.05) is 19.6 Å². The summed E-state index contributed by atoms with van der Waals surface area (Å²) in [6, 6.07) is 19.0. The minimum absolute atomic E-state index is 0.948. The van der Waals surface area contributed by atoms with Crippen molar-refractivity contribution in [1.29, 1.82) is 0 Å². The van der Waals surface area contributed by atoms with Gasteiger partial charge in [0.05, 0.1) is 16.7 Å². The van der Waals surface area contributed by atoms with Gasteiger partial charge in [-0.05, 0) is 25.2 Å². The van der Waals surface area contributed by atoms with Crippen LogP contribution in [0.15, 0.2) is 60.8 Å². The van der Waals surface area contributed by atoms with Gasteiger partial charge in [-0.3, -0.25) is 13.5 Å². The standard InChI is InChI=1S/C21H24N4.H2O4S/c1-3-23(4-2)14-15-24-19-12-8-9-13-20(19)25-16-18(22-21(24)25)17-10-6-5-7-11-17;1-5(2,3)4/h5-13,16H,3-4,14-15H2,1-2H3;(H2,1,2,3,4). The normalized spacial score (nSPS) is 11.8. The van der Waals surface area contributed by atoms with E-state index in [1.807, 2.05) is 6.07 Å². The first-order valence-corrected chi connectivity index (χ1v) is 11.2. The van der Waals surface area contributed by atoms with E-state index in [1.54, 1.807) is 0 Å². The van der Waals surface area contributed by atoms with Gasteiger partial charge in [-0.15, -0.1) is 0 Å². The molecule has 0 spiro atoms. The van der Waals surface area contributed by atoms with Gasteiger partial charge in [0.1, 0.15) is 0 Å². The first-order valence-electron chi connectivity index (χ1n) is 9.75. The Morgan fingerprint density at radius 3 is 2.10 bits per heavy atom. The molecule has 2 aromatic heterocycles. The summed E-state index contributed by atoms with van der Waals surface area (Å²) >= 11 is 0. The quantitative estimate of drug-likeness (QED) is 0.453. The van der Waals surface area contributed by atoms with Crippen LogP contribution in [0.3, 0.4) is 0 Å². The fourth-order valence-electron chi connectivity index (χ4n) is 3.49. The van der Waals surface area contributed by atoms with Crippen LogP contribution >= 0.6 is 0 Å². The minimum Gasteiger partial charge on any atom is -0.308 e. The van der Waals surface area contributed by atoms with Gasteiger partial charge in [0.25, 0.3) is 0 Å². The summed E-state index contributed by atoms with van der Waals surface area (Å²) in [5.74, 6) is 1.02. The van der Waals surface area contributed by atoms with Crippen LogP contribution in [0.25, 0.3) is 28.1 Å². The van der Waals surface area contributed by atoms with E-state index in [2.05, 4.69) is 82.4 Å². The first-order chi connectivity index (χ1) is 14.3. The van der Waals surface area contributed by atoms with E-state index in [0.29, 0.717) is 0 Å².